The fourth-order valence-corrected chi connectivity index (χ4v) is 12.3. The van der Waals surface area contributed by atoms with Crippen LogP contribution in [0.25, 0.3) is 75.5 Å². The molecule has 0 N–H and O–H groups in total. The van der Waals surface area contributed by atoms with E-state index in [1.54, 1.807) is 0 Å². The highest BCUT2D eigenvalue weighted by Gasteiger charge is 2.46. The first-order chi connectivity index (χ1) is 33.3. The Morgan fingerprint density at radius 2 is 0.866 bits per heavy atom. The van der Waals surface area contributed by atoms with E-state index >= 15 is 0 Å². The van der Waals surface area contributed by atoms with Crippen LogP contribution in [0.15, 0.2) is 261 Å². The fraction of sp³-hybridized carbons (Fsp3) is 0.0154. The number of anilines is 3. The summed E-state index contributed by atoms with van der Waals surface area (Å²) in [5, 5.41) is 5.08. The van der Waals surface area contributed by atoms with Gasteiger partial charge in [0.1, 0.15) is 0 Å². The summed E-state index contributed by atoms with van der Waals surface area (Å²) in [5.41, 5.74) is 17.6. The minimum absolute atomic E-state index is 0.539. The monoisotopic (exact) mass is 869 g/mol. The van der Waals surface area contributed by atoms with Crippen molar-refractivity contribution in [1.82, 2.24) is 0 Å². The van der Waals surface area contributed by atoms with E-state index in [4.69, 9.17) is 0 Å². The van der Waals surface area contributed by atoms with Crippen molar-refractivity contribution in [2.45, 2.75) is 5.41 Å². The van der Waals surface area contributed by atoms with Crippen molar-refractivity contribution in [2.24, 2.45) is 0 Å². The first-order valence-electron chi connectivity index (χ1n) is 23.1. The Balaban J connectivity index is 1.06. The van der Waals surface area contributed by atoms with Crippen molar-refractivity contribution >= 4 is 59.3 Å². The predicted octanol–water partition coefficient (Wildman–Crippen LogP) is 18.0. The molecule has 314 valence electrons. The number of para-hydroxylation sites is 1. The van der Waals surface area contributed by atoms with Gasteiger partial charge in [0.25, 0.3) is 0 Å². The number of benzene rings is 11. The van der Waals surface area contributed by atoms with Gasteiger partial charge in [-0.2, -0.15) is 0 Å². The number of thiophene rings is 1. The number of hydrogen-bond acceptors (Lipinski definition) is 2. The highest BCUT2D eigenvalue weighted by molar-refractivity contribution is 7.26. The second-order valence-electron chi connectivity index (χ2n) is 17.5. The third-order valence-corrected chi connectivity index (χ3v) is 15.2. The molecule has 0 fully saturated rings. The molecule has 1 heterocycles. The average molecular weight is 870 g/mol. The molecule has 1 aliphatic rings. The zero-order chi connectivity index (χ0) is 44.3. The Morgan fingerprint density at radius 3 is 1.63 bits per heavy atom. The van der Waals surface area contributed by atoms with Gasteiger partial charge in [-0.05, 0) is 108 Å². The van der Waals surface area contributed by atoms with Gasteiger partial charge in [0, 0.05) is 37.1 Å². The van der Waals surface area contributed by atoms with Crippen LogP contribution in [0.3, 0.4) is 0 Å². The van der Waals surface area contributed by atoms with Crippen LogP contribution in [0.4, 0.5) is 17.1 Å². The molecular weight excluding hydrogens is 827 g/mol. The standard InChI is InChI=1S/C65H43NS/c1-4-19-44(20-5-1)51-30-16-21-46-22-17-32-57(63(46)51)55-28-11-14-35-61(55)66(49-39-37-45(38-40-49)52-31-18-33-58-56-29-12-15-36-62(56)67-64(52)58)50-41-42-54-53-27-10-13-34-59(53)65(60(54)43-50,47-23-6-2-7-24-47)48-25-8-3-9-26-48/h1-43H. The molecule has 1 aliphatic carbocycles. The predicted molar refractivity (Wildman–Crippen MR) is 285 cm³/mol. The van der Waals surface area contributed by atoms with Crippen molar-refractivity contribution in [3.8, 4) is 44.5 Å². The molecule has 0 radical (unpaired) electrons. The van der Waals surface area contributed by atoms with Gasteiger partial charge < -0.3 is 4.90 Å². The Hall–Kier alpha value is -8.30. The quantitative estimate of drug-likeness (QED) is 0.147. The number of hydrogen-bond donors (Lipinski definition) is 0. The van der Waals surface area contributed by atoms with Crippen LogP contribution >= 0.6 is 11.3 Å². The Labute approximate surface area is 395 Å². The molecule has 0 spiro atoms. The van der Waals surface area contributed by atoms with Gasteiger partial charge in [-0.1, -0.05) is 224 Å². The van der Waals surface area contributed by atoms with Crippen molar-refractivity contribution in [1.29, 1.82) is 0 Å². The number of rotatable bonds is 8. The summed E-state index contributed by atoms with van der Waals surface area (Å²) < 4.78 is 2.63. The van der Waals surface area contributed by atoms with Crippen LogP contribution in [0.2, 0.25) is 0 Å². The van der Waals surface area contributed by atoms with E-state index < -0.39 is 5.41 Å². The van der Waals surface area contributed by atoms with Gasteiger partial charge in [0.05, 0.1) is 11.1 Å². The minimum Gasteiger partial charge on any atom is -0.310 e. The largest absolute Gasteiger partial charge is 0.310 e. The Bertz CT molecular complexity index is 3750. The van der Waals surface area contributed by atoms with Gasteiger partial charge in [0.15, 0.2) is 0 Å². The van der Waals surface area contributed by atoms with Crippen molar-refractivity contribution in [3.05, 3.63) is 283 Å². The molecule has 11 aromatic carbocycles. The molecule has 0 atom stereocenters. The van der Waals surface area contributed by atoms with Gasteiger partial charge >= 0.3 is 0 Å². The normalized spacial score (nSPS) is 12.6. The molecule has 0 bridgehead atoms. The van der Waals surface area contributed by atoms with Gasteiger partial charge in [-0.3, -0.25) is 0 Å². The molecule has 0 unspecified atom stereocenters. The molecule has 67 heavy (non-hydrogen) atoms. The van der Waals surface area contributed by atoms with Crippen LogP contribution in [-0.4, -0.2) is 0 Å². The fourth-order valence-electron chi connectivity index (χ4n) is 11.1. The first kappa shape index (κ1) is 39.1. The summed E-state index contributed by atoms with van der Waals surface area (Å²) in [6, 6.07) is 96.4. The summed E-state index contributed by atoms with van der Waals surface area (Å²) in [6.07, 6.45) is 0. The number of fused-ring (bicyclic) bond motifs is 7. The van der Waals surface area contributed by atoms with Crippen LogP contribution in [0.1, 0.15) is 22.3 Å². The molecule has 0 amide bonds. The summed E-state index contributed by atoms with van der Waals surface area (Å²) in [5.74, 6) is 0. The topological polar surface area (TPSA) is 3.24 Å². The van der Waals surface area contributed by atoms with Crippen LogP contribution in [-0.2, 0) is 5.41 Å². The van der Waals surface area contributed by atoms with Crippen LogP contribution in [0, 0.1) is 0 Å². The lowest BCUT2D eigenvalue weighted by molar-refractivity contribution is 0.768. The SMILES string of the molecule is c1ccc(-c2cccc3cccc(-c4ccccc4N(c4ccc(-c5cccc6c5sc5ccccc56)cc4)c4ccc5c(c4)C(c4ccccc4)(c4ccccc4)c4ccccc4-5)c23)cc1. The second-order valence-corrected chi connectivity index (χ2v) is 18.6. The molecular formula is C65H43NS. The highest BCUT2D eigenvalue weighted by atomic mass is 32.1. The molecule has 0 aliphatic heterocycles. The van der Waals surface area contributed by atoms with E-state index in [1.807, 2.05) is 11.3 Å². The van der Waals surface area contributed by atoms with Crippen molar-refractivity contribution < 1.29 is 0 Å². The molecule has 1 nitrogen and oxygen atoms in total. The highest BCUT2D eigenvalue weighted by Crippen LogP contribution is 2.58. The van der Waals surface area contributed by atoms with E-state index in [2.05, 4.69) is 266 Å². The van der Waals surface area contributed by atoms with Crippen molar-refractivity contribution in [2.75, 3.05) is 4.90 Å². The van der Waals surface area contributed by atoms with Gasteiger partial charge in [-0.25, -0.2) is 0 Å². The van der Waals surface area contributed by atoms with E-state index in [0.717, 1.165) is 22.6 Å². The summed E-state index contributed by atoms with van der Waals surface area (Å²) in [7, 11) is 0. The zero-order valence-corrected chi connectivity index (χ0v) is 37.5. The maximum atomic E-state index is 2.49. The lowest BCUT2D eigenvalue weighted by Gasteiger charge is -2.35. The maximum Gasteiger partial charge on any atom is 0.0714 e. The van der Waals surface area contributed by atoms with Gasteiger partial charge in [-0.15, -0.1) is 11.3 Å². The molecule has 1 aromatic heterocycles. The lowest BCUT2D eigenvalue weighted by atomic mass is 9.67. The van der Waals surface area contributed by atoms with Crippen LogP contribution in [0.5, 0.6) is 0 Å². The minimum atomic E-state index is -0.539. The molecule has 13 rings (SSSR count). The number of nitrogens with zero attached hydrogens (tertiary/aromatic N) is 1. The van der Waals surface area contributed by atoms with Crippen LogP contribution < -0.4 is 4.90 Å². The van der Waals surface area contributed by atoms with E-state index in [-0.39, 0.29) is 0 Å². The summed E-state index contributed by atoms with van der Waals surface area (Å²) in [4.78, 5) is 2.49. The van der Waals surface area contributed by atoms with E-state index in [9.17, 15) is 0 Å². The van der Waals surface area contributed by atoms with Crippen molar-refractivity contribution in [3.63, 3.8) is 0 Å². The first-order valence-corrected chi connectivity index (χ1v) is 23.9. The third kappa shape index (κ3) is 6.22. The lowest BCUT2D eigenvalue weighted by Crippen LogP contribution is -2.28. The maximum absolute atomic E-state index is 2.49. The Morgan fingerprint density at radius 1 is 0.328 bits per heavy atom. The second kappa shape index (κ2) is 16.0. The molecule has 0 saturated heterocycles. The molecule has 2 heteroatoms. The summed E-state index contributed by atoms with van der Waals surface area (Å²) in [6.45, 7) is 0. The molecule has 0 saturated carbocycles. The molecule has 12 aromatic rings. The van der Waals surface area contributed by atoms with E-state index in [0.29, 0.717) is 0 Å². The van der Waals surface area contributed by atoms with E-state index in [1.165, 1.54) is 92.1 Å². The smallest absolute Gasteiger partial charge is 0.0714 e. The van der Waals surface area contributed by atoms with Gasteiger partial charge in [0.2, 0.25) is 0 Å². The summed E-state index contributed by atoms with van der Waals surface area (Å²) >= 11 is 1.88. The third-order valence-electron chi connectivity index (χ3n) is 14.0. The zero-order valence-electron chi connectivity index (χ0n) is 36.7. The Kier molecular flexibility index (Phi) is 9.33. The average Bonchev–Trinajstić information content (AvgIpc) is 3.93.